The Balaban J connectivity index is 1.99. The summed E-state index contributed by atoms with van der Waals surface area (Å²) in [6, 6.07) is 7.22. The zero-order valence-electron chi connectivity index (χ0n) is 10.2. The van der Waals surface area contributed by atoms with Gasteiger partial charge < -0.3 is 4.74 Å². The topological polar surface area (TPSA) is 39.2 Å². The summed E-state index contributed by atoms with van der Waals surface area (Å²) in [5.41, 5.74) is 1.67. The highest BCUT2D eigenvalue weighted by Gasteiger charge is 2.09. The van der Waals surface area contributed by atoms with E-state index in [1.165, 1.54) is 11.8 Å². The third-order valence-electron chi connectivity index (χ3n) is 2.32. The van der Waals surface area contributed by atoms with Crippen molar-refractivity contribution in [2.75, 3.05) is 12.9 Å². The van der Waals surface area contributed by atoms with Gasteiger partial charge in [-0.05, 0) is 19.1 Å². The van der Waals surface area contributed by atoms with Gasteiger partial charge in [0.15, 0.2) is 10.1 Å². The second-order valence-corrected chi connectivity index (χ2v) is 5.78. The standard InChI is InChI=1S/C13H13NO2S2/c1-9-7-17-13(14-9)18-8-12(15)10-4-3-5-11(6-10)16-2/h3-7H,8H2,1-2H3. The Morgan fingerprint density at radius 2 is 2.33 bits per heavy atom. The summed E-state index contributed by atoms with van der Waals surface area (Å²) in [5, 5.41) is 1.98. The lowest BCUT2D eigenvalue weighted by molar-refractivity contribution is 0.102. The van der Waals surface area contributed by atoms with E-state index in [4.69, 9.17) is 4.74 Å². The van der Waals surface area contributed by atoms with Crippen LogP contribution in [0.4, 0.5) is 0 Å². The number of carbonyl (C=O) groups excluding carboxylic acids is 1. The number of carbonyl (C=O) groups is 1. The van der Waals surface area contributed by atoms with Crippen molar-refractivity contribution < 1.29 is 9.53 Å². The molecule has 0 aliphatic carbocycles. The molecule has 3 nitrogen and oxygen atoms in total. The molecule has 0 spiro atoms. The molecule has 0 fully saturated rings. The molecule has 2 aromatic rings. The predicted octanol–water partition coefficient (Wildman–Crippen LogP) is 3.44. The molecule has 0 saturated heterocycles. The third kappa shape index (κ3) is 3.34. The third-order valence-corrected chi connectivity index (χ3v) is 4.46. The predicted molar refractivity (Wildman–Crippen MR) is 74.9 cm³/mol. The number of Topliss-reactive ketones (excluding diaryl/α,β-unsaturated/α-hetero) is 1. The van der Waals surface area contributed by atoms with Crippen molar-refractivity contribution >= 4 is 28.9 Å². The minimum Gasteiger partial charge on any atom is -0.497 e. The van der Waals surface area contributed by atoms with Gasteiger partial charge in [0, 0.05) is 16.6 Å². The van der Waals surface area contributed by atoms with Crippen LogP contribution in [0.15, 0.2) is 34.0 Å². The highest BCUT2D eigenvalue weighted by molar-refractivity contribution is 8.01. The van der Waals surface area contributed by atoms with Gasteiger partial charge in [0.1, 0.15) is 5.75 Å². The molecule has 0 atom stereocenters. The van der Waals surface area contributed by atoms with Gasteiger partial charge in [0.2, 0.25) is 0 Å². The first-order chi connectivity index (χ1) is 8.69. The molecular weight excluding hydrogens is 266 g/mol. The molecule has 2 rings (SSSR count). The monoisotopic (exact) mass is 279 g/mol. The number of hydrogen-bond donors (Lipinski definition) is 0. The highest BCUT2D eigenvalue weighted by Crippen LogP contribution is 2.23. The van der Waals surface area contributed by atoms with Crippen molar-refractivity contribution in [2.24, 2.45) is 0 Å². The van der Waals surface area contributed by atoms with Gasteiger partial charge in [-0.15, -0.1) is 11.3 Å². The molecule has 0 amide bonds. The molecular formula is C13H13NO2S2. The van der Waals surface area contributed by atoms with Gasteiger partial charge >= 0.3 is 0 Å². The first-order valence-corrected chi connectivity index (χ1v) is 7.28. The van der Waals surface area contributed by atoms with Crippen LogP contribution >= 0.6 is 23.1 Å². The smallest absolute Gasteiger partial charge is 0.173 e. The van der Waals surface area contributed by atoms with E-state index in [-0.39, 0.29) is 5.78 Å². The molecule has 0 aliphatic heterocycles. The van der Waals surface area contributed by atoms with Gasteiger partial charge in [0.05, 0.1) is 12.9 Å². The van der Waals surface area contributed by atoms with Crippen LogP contribution < -0.4 is 4.74 Å². The number of thioether (sulfide) groups is 1. The molecule has 0 radical (unpaired) electrons. The molecule has 0 N–H and O–H groups in total. The second kappa shape index (κ2) is 6.02. The maximum Gasteiger partial charge on any atom is 0.173 e. The van der Waals surface area contributed by atoms with Gasteiger partial charge in [-0.1, -0.05) is 23.9 Å². The first kappa shape index (κ1) is 13.1. The van der Waals surface area contributed by atoms with Crippen LogP contribution in [-0.2, 0) is 0 Å². The van der Waals surface area contributed by atoms with Crippen LogP contribution in [0.3, 0.4) is 0 Å². The molecule has 0 unspecified atom stereocenters. The van der Waals surface area contributed by atoms with Crippen molar-refractivity contribution in [1.82, 2.24) is 4.98 Å². The van der Waals surface area contributed by atoms with E-state index < -0.39 is 0 Å². The molecule has 1 aromatic heterocycles. The maximum atomic E-state index is 12.0. The summed E-state index contributed by atoms with van der Waals surface area (Å²) in [6.07, 6.45) is 0. The minimum absolute atomic E-state index is 0.0896. The molecule has 0 bridgehead atoms. The number of ether oxygens (including phenoxy) is 1. The van der Waals surface area contributed by atoms with Crippen molar-refractivity contribution in [3.05, 3.63) is 40.9 Å². The van der Waals surface area contributed by atoms with Gasteiger partial charge in [-0.2, -0.15) is 0 Å². The molecule has 1 heterocycles. The average molecular weight is 279 g/mol. The fourth-order valence-electron chi connectivity index (χ4n) is 1.41. The molecule has 0 saturated carbocycles. The fourth-order valence-corrected chi connectivity index (χ4v) is 3.15. The van der Waals surface area contributed by atoms with Gasteiger partial charge in [0.25, 0.3) is 0 Å². The zero-order valence-corrected chi connectivity index (χ0v) is 11.8. The summed E-state index contributed by atoms with van der Waals surface area (Å²) < 4.78 is 6.04. The quantitative estimate of drug-likeness (QED) is 0.621. The maximum absolute atomic E-state index is 12.0. The van der Waals surface area contributed by atoms with Gasteiger partial charge in [-0.25, -0.2) is 4.98 Å². The van der Waals surface area contributed by atoms with E-state index in [2.05, 4.69) is 4.98 Å². The normalized spacial score (nSPS) is 10.3. The molecule has 0 aliphatic rings. The number of thiazole rings is 1. The van der Waals surface area contributed by atoms with E-state index in [0.717, 1.165) is 10.0 Å². The van der Waals surface area contributed by atoms with E-state index in [9.17, 15) is 4.79 Å². The second-order valence-electron chi connectivity index (χ2n) is 3.70. The Morgan fingerprint density at radius 3 is 3.00 bits per heavy atom. The number of ketones is 1. The van der Waals surface area contributed by atoms with Crippen molar-refractivity contribution in [3.63, 3.8) is 0 Å². The number of nitrogens with zero attached hydrogens (tertiary/aromatic N) is 1. The van der Waals surface area contributed by atoms with Crippen molar-refractivity contribution in [1.29, 1.82) is 0 Å². The van der Waals surface area contributed by atoms with Crippen molar-refractivity contribution in [3.8, 4) is 5.75 Å². The molecule has 94 valence electrons. The van der Waals surface area contributed by atoms with Crippen LogP contribution in [0.1, 0.15) is 16.1 Å². The lowest BCUT2D eigenvalue weighted by Crippen LogP contribution is -2.02. The Labute approximate surface area is 114 Å². The van der Waals surface area contributed by atoms with Crippen LogP contribution in [0, 0.1) is 6.92 Å². The molecule has 18 heavy (non-hydrogen) atoms. The first-order valence-electron chi connectivity index (χ1n) is 5.41. The number of hydrogen-bond acceptors (Lipinski definition) is 5. The van der Waals surface area contributed by atoms with E-state index >= 15 is 0 Å². The van der Waals surface area contributed by atoms with Crippen LogP contribution in [0.5, 0.6) is 5.75 Å². The lowest BCUT2D eigenvalue weighted by atomic mass is 10.1. The summed E-state index contributed by atoms with van der Waals surface area (Å²) >= 11 is 3.04. The number of rotatable bonds is 5. The summed E-state index contributed by atoms with van der Waals surface area (Å²) in [6.45, 7) is 1.95. The average Bonchev–Trinajstić information content (AvgIpc) is 2.82. The Morgan fingerprint density at radius 1 is 1.50 bits per heavy atom. The van der Waals surface area contributed by atoms with E-state index in [1.807, 2.05) is 24.4 Å². The van der Waals surface area contributed by atoms with Crippen LogP contribution in [0.25, 0.3) is 0 Å². The van der Waals surface area contributed by atoms with Crippen molar-refractivity contribution in [2.45, 2.75) is 11.3 Å². The Hall–Kier alpha value is -1.33. The van der Waals surface area contributed by atoms with E-state index in [0.29, 0.717) is 17.1 Å². The van der Waals surface area contributed by atoms with Crippen LogP contribution in [-0.4, -0.2) is 23.6 Å². The molecule has 5 heteroatoms. The molecule has 1 aromatic carbocycles. The largest absolute Gasteiger partial charge is 0.497 e. The Kier molecular flexibility index (Phi) is 4.38. The number of aromatic nitrogens is 1. The van der Waals surface area contributed by atoms with Gasteiger partial charge in [-0.3, -0.25) is 4.79 Å². The summed E-state index contributed by atoms with van der Waals surface area (Å²) in [7, 11) is 1.59. The number of aryl methyl sites for hydroxylation is 1. The lowest BCUT2D eigenvalue weighted by Gasteiger charge is -2.02. The summed E-state index contributed by atoms with van der Waals surface area (Å²) in [4.78, 5) is 16.3. The zero-order chi connectivity index (χ0) is 13.0. The number of benzene rings is 1. The Bertz CT molecular complexity index is 551. The van der Waals surface area contributed by atoms with E-state index in [1.54, 1.807) is 30.6 Å². The number of methoxy groups -OCH3 is 1. The van der Waals surface area contributed by atoms with Crippen LogP contribution in [0.2, 0.25) is 0 Å². The SMILES string of the molecule is COc1cccc(C(=O)CSc2nc(C)cs2)c1. The fraction of sp³-hybridized carbons (Fsp3) is 0.231. The summed E-state index contributed by atoms with van der Waals surface area (Å²) in [5.74, 6) is 1.20. The minimum atomic E-state index is 0.0896. The highest BCUT2D eigenvalue weighted by atomic mass is 32.2.